The van der Waals surface area contributed by atoms with Crippen LogP contribution in [0.1, 0.15) is 35.5 Å². The van der Waals surface area contributed by atoms with Crippen molar-refractivity contribution in [2.24, 2.45) is 0 Å². The van der Waals surface area contributed by atoms with Gasteiger partial charge in [0.05, 0.1) is 5.39 Å². The highest BCUT2D eigenvalue weighted by Gasteiger charge is 2.20. The standard InChI is InChI=1S/C13H14Cl2N2S/c14-7-3-6-10-16-12(15)11-8-4-1-2-5-9(8)18-13(11)17-10/h1-7H2. The van der Waals surface area contributed by atoms with E-state index in [-0.39, 0.29) is 0 Å². The zero-order chi connectivity index (χ0) is 12.5. The van der Waals surface area contributed by atoms with Gasteiger partial charge in [0.25, 0.3) is 0 Å². The first-order valence-corrected chi connectivity index (χ1v) is 8.05. The highest BCUT2D eigenvalue weighted by Crippen LogP contribution is 2.38. The van der Waals surface area contributed by atoms with E-state index in [9.17, 15) is 0 Å². The van der Waals surface area contributed by atoms with Crippen LogP contribution in [0.2, 0.25) is 5.15 Å². The van der Waals surface area contributed by atoms with E-state index < -0.39 is 0 Å². The summed E-state index contributed by atoms with van der Waals surface area (Å²) in [6, 6.07) is 0. The van der Waals surface area contributed by atoms with Crippen LogP contribution in [0.25, 0.3) is 10.2 Å². The first-order valence-electron chi connectivity index (χ1n) is 6.32. The fourth-order valence-corrected chi connectivity index (χ4v) is 4.26. The molecule has 0 fully saturated rings. The third kappa shape index (κ3) is 2.24. The molecule has 0 bridgehead atoms. The smallest absolute Gasteiger partial charge is 0.141 e. The van der Waals surface area contributed by atoms with Crippen LogP contribution < -0.4 is 0 Å². The van der Waals surface area contributed by atoms with Crippen molar-refractivity contribution in [3.05, 3.63) is 21.4 Å². The Labute approximate surface area is 120 Å². The van der Waals surface area contributed by atoms with Crippen molar-refractivity contribution in [3.63, 3.8) is 0 Å². The average Bonchev–Trinajstić information content (AvgIpc) is 2.74. The maximum Gasteiger partial charge on any atom is 0.141 e. The van der Waals surface area contributed by atoms with Crippen molar-refractivity contribution in [2.75, 3.05) is 5.88 Å². The van der Waals surface area contributed by atoms with E-state index in [0.29, 0.717) is 11.0 Å². The lowest BCUT2D eigenvalue weighted by Crippen LogP contribution is -2.00. The van der Waals surface area contributed by atoms with Crippen LogP contribution in [0.5, 0.6) is 0 Å². The first kappa shape index (κ1) is 12.6. The second kappa shape index (κ2) is 5.32. The number of fused-ring (bicyclic) bond motifs is 3. The molecular weight excluding hydrogens is 287 g/mol. The van der Waals surface area contributed by atoms with Crippen LogP contribution in [-0.2, 0) is 19.3 Å². The van der Waals surface area contributed by atoms with E-state index in [0.717, 1.165) is 35.3 Å². The van der Waals surface area contributed by atoms with Gasteiger partial charge in [-0.2, -0.15) is 0 Å². The molecule has 18 heavy (non-hydrogen) atoms. The van der Waals surface area contributed by atoms with Gasteiger partial charge in [-0.1, -0.05) is 11.6 Å². The van der Waals surface area contributed by atoms with Crippen molar-refractivity contribution in [3.8, 4) is 0 Å². The quantitative estimate of drug-likeness (QED) is 0.620. The zero-order valence-corrected chi connectivity index (χ0v) is 12.3. The molecule has 0 saturated carbocycles. The van der Waals surface area contributed by atoms with Gasteiger partial charge in [-0.05, 0) is 37.7 Å². The Balaban J connectivity index is 2.08. The van der Waals surface area contributed by atoms with Crippen molar-refractivity contribution in [2.45, 2.75) is 38.5 Å². The minimum atomic E-state index is 0.629. The summed E-state index contributed by atoms with van der Waals surface area (Å²) in [7, 11) is 0. The van der Waals surface area contributed by atoms with Crippen LogP contribution in [0, 0.1) is 0 Å². The van der Waals surface area contributed by atoms with E-state index in [1.165, 1.54) is 29.7 Å². The lowest BCUT2D eigenvalue weighted by Gasteiger charge is -2.10. The van der Waals surface area contributed by atoms with Gasteiger partial charge in [0, 0.05) is 17.2 Å². The summed E-state index contributed by atoms with van der Waals surface area (Å²) in [4.78, 5) is 11.6. The van der Waals surface area contributed by atoms with Gasteiger partial charge in [-0.3, -0.25) is 0 Å². The normalized spacial score (nSPS) is 15.0. The molecule has 2 aromatic heterocycles. The number of halogens is 2. The maximum atomic E-state index is 6.34. The van der Waals surface area contributed by atoms with E-state index in [2.05, 4.69) is 9.97 Å². The Morgan fingerprint density at radius 1 is 1.17 bits per heavy atom. The minimum Gasteiger partial charge on any atom is -0.222 e. The molecule has 0 radical (unpaired) electrons. The van der Waals surface area contributed by atoms with Gasteiger partial charge in [0.15, 0.2) is 0 Å². The second-order valence-corrected chi connectivity index (χ2v) is 6.43. The third-order valence-corrected chi connectivity index (χ3v) is 5.08. The predicted octanol–water partition coefficient (Wildman–Crippen LogP) is 4.39. The fraction of sp³-hybridized carbons (Fsp3) is 0.538. The summed E-state index contributed by atoms with van der Waals surface area (Å²) < 4.78 is 0. The van der Waals surface area contributed by atoms with Gasteiger partial charge in [0.1, 0.15) is 15.8 Å². The summed E-state index contributed by atoms with van der Waals surface area (Å²) in [6.07, 6.45) is 6.53. The van der Waals surface area contributed by atoms with Gasteiger partial charge in [0.2, 0.25) is 0 Å². The van der Waals surface area contributed by atoms with Gasteiger partial charge in [-0.15, -0.1) is 22.9 Å². The van der Waals surface area contributed by atoms with Crippen LogP contribution in [0.4, 0.5) is 0 Å². The SMILES string of the molecule is ClCCCc1nc(Cl)c2c3c(sc2n1)CCCC3. The molecule has 0 N–H and O–H groups in total. The number of alkyl halides is 1. The molecule has 0 amide bonds. The van der Waals surface area contributed by atoms with E-state index in [4.69, 9.17) is 23.2 Å². The van der Waals surface area contributed by atoms with Crippen LogP contribution in [0.15, 0.2) is 0 Å². The molecule has 96 valence electrons. The molecule has 5 heteroatoms. The summed E-state index contributed by atoms with van der Waals surface area (Å²) in [5.74, 6) is 1.46. The monoisotopic (exact) mass is 300 g/mol. The van der Waals surface area contributed by atoms with E-state index in [1.807, 2.05) is 0 Å². The molecule has 0 saturated heterocycles. The van der Waals surface area contributed by atoms with Crippen molar-refractivity contribution in [1.29, 1.82) is 0 Å². The number of thiophene rings is 1. The number of hydrogen-bond acceptors (Lipinski definition) is 3. The second-order valence-electron chi connectivity index (χ2n) is 4.61. The molecule has 2 nitrogen and oxygen atoms in total. The number of aromatic nitrogens is 2. The minimum absolute atomic E-state index is 0.629. The van der Waals surface area contributed by atoms with Crippen molar-refractivity contribution < 1.29 is 0 Å². The topological polar surface area (TPSA) is 25.8 Å². The van der Waals surface area contributed by atoms with E-state index in [1.54, 1.807) is 11.3 Å². The molecule has 1 aliphatic rings. The number of hydrogen-bond donors (Lipinski definition) is 0. The van der Waals surface area contributed by atoms with Crippen LogP contribution in [-0.4, -0.2) is 15.8 Å². The number of rotatable bonds is 3. The molecule has 0 aromatic carbocycles. The molecule has 3 rings (SSSR count). The Kier molecular flexibility index (Phi) is 3.73. The molecule has 0 aliphatic heterocycles. The number of nitrogens with zero attached hydrogens (tertiary/aromatic N) is 2. The van der Waals surface area contributed by atoms with Crippen LogP contribution in [0.3, 0.4) is 0 Å². The Morgan fingerprint density at radius 3 is 2.83 bits per heavy atom. The summed E-state index contributed by atoms with van der Waals surface area (Å²) >= 11 is 13.8. The van der Waals surface area contributed by atoms with Crippen molar-refractivity contribution >= 4 is 44.8 Å². The van der Waals surface area contributed by atoms with Gasteiger partial charge in [-0.25, -0.2) is 9.97 Å². The summed E-state index contributed by atoms with van der Waals surface area (Å²) in [5.41, 5.74) is 1.40. The molecular formula is C13H14Cl2N2S. The maximum absolute atomic E-state index is 6.34. The first-order chi connectivity index (χ1) is 8.79. The third-order valence-electron chi connectivity index (χ3n) is 3.35. The summed E-state index contributed by atoms with van der Waals surface area (Å²) in [6.45, 7) is 0. The van der Waals surface area contributed by atoms with Crippen molar-refractivity contribution in [1.82, 2.24) is 9.97 Å². The molecule has 0 atom stereocenters. The number of aryl methyl sites for hydroxylation is 3. The molecule has 2 heterocycles. The van der Waals surface area contributed by atoms with E-state index >= 15 is 0 Å². The Bertz CT molecular complexity index is 580. The highest BCUT2D eigenvalue weighted by molar-refractivity contribution is 7.19. The lowest BCUT2D eigenvalue weighted by atomic mass is 9.97. The molecule has 1 aliphatic carbocycles. The van der Waals surface area contributed by atoms with Gasteiger partial charge >= 0.3 is 0 Å². The largest absolute Gasteiger partial charge is 0.222 e. The van der Waals surface area contributed by atoms with Gasteiger partial charge < -0.3 is 0 Å². The fourth-order valence-electron chi connectivity index (χ4n) is 2.49. The molecule has 0 unspecified atom stereocenters. The average molecular weight is 301 g/mol. The van der Waals surface area contributed by atoms with Crippen LogP contribution >= 0.6 is 34.5 Å². The highest BCUT2D eigenvalue weighted by atomic mass is 35.5. The molecule has 2 aromatic rings. The Hall–Kier alpha value is -0.380. The molecule has 0 spiro atoms. The Morgan fingerprint density at radius 2 is 2.00 bits per heavy atom. The zero-order valence-electron chi connectivity index (χ0n) is 10.0. The lowest BCUT2D eigenvalue weighted by molar-refractivity contribution is 0.700. The predicted molar refractivity (Wildman–Crippen MR) is 78.1 cm³/mol. The summed E-state index contributed by atoms with van der Waals surface area (Å²) in [5, 5.41) is 1.73.